The summed E-state index contributed by atoms with van der Waals surface area (Å²) in [7, 11) is 0. The fourth-order valence-corrected chi connectivity index (χ4v) is 0.748. The van der Waals surface area contributed by atoms with E-state index in [0.717, 1.165) is 0 Å². The molecular weight excluding hydrogens is 144 g/mol. The molecule has 1 atom stereocenters. The van der Waals surface area contributed by atoms with Crippen molar-refractivity contribution < 1.29 is 10.2 Å². The number of nitrogens with two attached hydrogens (primary N) is 1. The van der Waals surface area contributed by atoms with Gasteiger partial charge in [0.15, 0.2) is 0 Å². The first-order valence-corrected chi connectivity index (χ1v) is 3.25. The number of aliphatic hydroxyl groups is 2. The lowest BCUT2D eigenvalue weighted by molar-refractivity contribution is 0.0924. The van der Waals surface area contributed by atoms with E-state index in [9.17, 15) is 0 Å². The Labute approximate surface area is 64.3 Å². The predicted molar refractivity (Wildman–Crippen MR) is 40.7 cm³/mol. The Hall–Kier alpha value is -1.13. The average Bonchev–Trinajstić information content (AvgIpc) is 2.03. The van der Waals surface area contributed by atoms with Crippen LogP contribution in [0, 0.1) is 0 Å². The van der Waals surface area contributed by atoms with Gasteiger partial charge in [0.25, 0.3) is 0 Å². The molecule has 4 N–H and O–H groups in total. The molecule has 0 bridgehead atoms. The van der Waals surface area contributed by atoms with Crippen molar-refractivity contribution in [3.8, 4) is 0 Å². The van der Waals surface area contributed by atoms with Crippen molar-refractivity contribution in [3.05, 3.63) is 23.9 Å². The van der Waals surface area contributed by atoms with Gasteiger partial charge in [-0.15, -0.1) is 0 Å². The Morgan fingerprint density at radius 3 is 2.82 bits per heavy atom. The van der Waals surface area contributed by atoms with Crippen LogP contribution in [0.15, 0.2) is 18.2 Å². The lowest BCUT2D eigenvalue weighted by Gasteiger charge is -2.05. The van der Waals surface area contributed by atoms with Gasteiger partial charge >= 0.3 is 0 Å². The molecule has 1 aromatic heterocycles. The number of hydrogen-bond acceptors (Lipinski definition) is 4. The third kappa shape index (κ3) is 1.89. The summed E-state index contributed by atoms with van der Waals surface area (Å²) in [6.07, 6.45) is -0.932. The van der Waals surface area contributed by atoms with Crippen LogP contribution in [0.4, 0.5) is 5.82 Å². The van der Waals surface area contributed by atoms with E-state index in [1.54, 1.807) is 18.2 Å². The Balaban J connectivity index is 2.86. The Morgan fingerprint density at radius 1 is 1.55 bits per heavy atom. The highest BCUT2D eigenvalue weighted by atomic mass is 16.3. The van der Waals surface area contributed by atoms with Crippen LogP contribution in [0.2, 0.25) is 0 Å². The number of aliphatic hydroxyl groups excluding tert-OH is 2. The second kappa shape index (κ2) is 3.32. The molecule has 0 aliphatic heterocycles. The SMILES string of the molecule is Nc1cccc(C(O)CO)n1. The van der Waals surface area contributed by atoms with Gasteiger partial charge in [-0.05, 0) is 12.1 Å². The van der Waals surface area contributed by atoms with Crippen molar-refractivity contribution in [1.82, 2.24) is 4.98 Å². The summed E-state index contributed by atoms with van der Waals surface area (Å²) in [5.41, 5.74) is 5.74. The summed E-state index contributed by atoms with van der Waals surface area (Å²) in [5, 5.41) is 17.6. The zero-order chi connectivity index (χ0) is 8.27. The normalized spacial score (nSPS) is 12.9. The van der Waals surface area contributed by atoms with Crippen LogP contribution in [0.5, 0.6) is 0 Å². The smallest absolute Gasteiger partial charge is 0.123 e. The summed E-state index contributed by atoms with van der Waals surface area (Å²) in [6, 6.07) is 4.90. The maximum Gasteiger partial charge on any atom is 0.123 e. The molecule has 1 unspecified atom stereocenters. The van der Waals surface area contributed by atoms with Crippen molar-refractivity contribution in [2.75, 3.05) is 12.3 Å². The largest absolute Gasteiger partial charge is 0.393 e. The molecule has 0 aromatic carbocycles. The van der Waals surface area contributed by atoms with Crippen molar-refractivity contribution in [1.29, 1.82) is 0 Å². The number of hydrogen-bond donors (Lipinski definition) is 3. The van der Waals surface area contributed by atoms with Gasteiger partial charge in [0.2, 0.25) is 0 Å². The molecule has 1 rings (SSSR count). The average molecular weight is 154 g/mol. The Bertz CT molecular complexity index is 240. The highest BCUT2D eigenvalue weighted by Gasteiger charge is 2.05. The van der Waals surface area contributed by atoms with E-state index in [1.165, 1.54) is 0 Å². The molecule has 0 radical (unpaired) electrons. The van der Waals surface area contributed by atoms with E-state index in [4.69, 9.17) is 15.9 Å². The lowest BCUT2D eigenvalue weighted by Crippen LogP contribution is -2.05. The quantitative estimate of drug-likeness (QED) is 0.546. The van der Waals surface area contributed by atoms with Gasteiger partial charge in [0, 0.05) is 0 Å². The zero-order valence-electron chi connectivity index (χ0n) is 5.94. The van der Waals surface area contributed by atoms with Gasteiger partial charge in [-0.25, -0.2) is 4.98 Å². The number of pyridine rings is 1. The van der Waals surface area contributed by atoms with Crippen molar-refractivity contribution in [2.24, 2.45) is 0 Å². The summed E-state index contributed by atoms with van der Waals surface area (Å²) in [4.78, 5) is 3.81. The summed E-state index contributed by atoms with van der Waals surface area (Å²) < 4.78 is 0. The molecule has 4 heteroatoms. The Morgan fingerprint density at radius 2 is 2.27 bits per heavy atom. The summed E-state index contributed by atoms with van der Waals surface area (Å²) in [5.74, 6) is 0.343. The third-order valence-electron chi connectivity index (χ3n) is 1.31. The topological polar surface area (TPSA) is 79.4 Å². The second-order valence-corrected chi connectivity index (χ2v) is 2.19. The first kappa shape index (κ1) is 7.97. The van der Waals surface area contributed by atoms with E-state index in [1.807, 2.05) is 0 Å². The standard InChI is InChI=1S/C7H10N2O2/c8-7-3-1-2-5(9-7)6(11)4-10/h1-3,6,10-11H,4H2,(H2,8,9). The van der Waals surface area contributed by atoms with Crippen molar-refractivity contribution in [2.45, 2.75) is 6.10 Å². The van der Waals surface area contributed by atoms with Crippen LogP contribution >= 0.6 is 0 Å². The molecule has 0 amide bonds. The lowest BCUT2D eigenvalue weighted by atomic mass is 10.2. The Kier molecular flexibility index (Phi) is 2.40. The number of nitrogens with zero attached hydrogens (tertiary/aromatic N) is 1. The molecule has 60 valence electrons. The first-order valence-electron chi connectivity index (χ1n) is 3.25. The molecule has 0 aliphatic carbocycles. The highest BCUT2D eigenvalue weighted by molar-refractivity contribution is 5.29. The third-order valence-corrected chi connectivity index (χ3v) is 1.31. The maximum absolute atomic E-state index is 9.09. The van der Waals surface area contributed by atoms with Gasteiger partial charge in [-0.1, -0.05) is 6.07 Å². The molecular formula is C7H10N2O2. The maximum atomic E-state index is 9.09. The molecule has 1 heterocycles. The van der Waals surface area contributed by atoms with Crippen molar-refractivity contribution >= 4 is 5.82 Å². The van der Waals surface area contributed by atoms with E-state index in [2.05, 4.69) is 4.98 Å². The van der Waals surface area contributed by atoms with E-state index in [-0.39, 0.29) is 6.61 Å². The van der Waals surface area contributed by atoms with E-state index < -0.39 is 6.10 Å². The molecule has 4 nitrogen and oxygen atoms in total. The molecule has 0 saturated carbocycles. The van der Waals surface area contributed by atoms with Gasteiger partial charge < -0.3 is 15.9 Å². The molecule has 11 heavy (non-hydrogen) atoms. The van der Waals surface area contributed by atoms with Crippen LogP contribution in [-0.4, -0.2) is 21.8 Å². The number of anilines is 1. The minimum atomic E-state index is -0.932. The van der Waals surface area contributed by atoms with Gasteiger partial charge in [-0.3, -0.25) is 0 Å². The van der Waals surface area contributed by atoms with Crippen molar-refractivity contribution in [3.63, 3.8) is 0 Å². The summed E-state index contributed by atoms with van der Waals surface area (Å²) in [6.45, 7) is -0.337. The fraction of sp³-hybridized carbons (Fsp3) is 0.286. The monoisotopic (exact) mass is 154 g/mol. The molecule has 0 aliphatic rings. The number of aromatic nitrogens is 1. The van der Waals surface area contributed by atoms with Crippen LogP contribution < -0.4 is 5.73 Å². The summed E-state index contributed by atoms with van der Waals surface area (Å²) >= 11 is 0. The van der Waals surface area contributed by atoms with Gasteiger partial charge in [0.1, 0.15) is 11.9 Å². The minimum Gasteiger partial charge on any atom is -0.393 e. The first-order chi connectivity index (χ1) is 5.24. The predicted octanol–water partition coefficient (Wildman–Crippen LogP) is -0.311. The number of rotatable bonds is 2. The zero-order valence-corrected chi connectivity index (χ0v) is 5.94. The second-order valence-electron chi connectivity index (χ2n) is 2.19. The van der Waals surface area contributed by atoms with Crippen LogP contribution in [0.25, 0.3) is 0 Å². The highest BCUT2D eigenvalue weighted by Crippen LogP contribution is 2.09. The van der Waals surface area contributed by atoms with Crippen LogP contribution in [0.1, 0.15) is 11.8 Å². The van der Waals surface area contributed by atoms with Crippen LogP contribution in [0.3, 0.4) is 0 Å². The van der Waals surface area contributed by atoms with E-state index in [0.29, 0.717) is 11.5 Å². The van der Waals surface area contributed by atoms with Crippen LogP contribution in [-0.2, 0) is 0 Å². The van der Waals surface area contributed by atoms with Gasteiger partial charge in [-0.2, -0.15) is 0 Å². The fourth-order valence-electron chi connectivity index (χ4n) is 0.748. The van der Waals surface area contributed by atoms with Gasteiger partial charge in [0.05, 0.1) is 12.3 Å². The minimum absolute atomic E-state index is 0.337. The van der Waals surface area contributed by atoms with E-state index >= 15 is 0 Å². The number of nitrogen functional groups attached to an aromatic ring is 1. The molecule has 0 saturated heterocycles. The molecule has 0 fully saturated rings. The molecule has 0 spiro atoms. The molecule has 1 aromatic rings.